The van der Waals surface area contributed by atoms with E-state index in [1.54, 1.807) is 0 Å². The van der Waals surface area contributed by atoms with Crippen molar-refractivity contribution >= 4 is 33.3 Å². The Balaban J connectivity index is 3.75. The number of ether oxygens (including phenoxy) is 1. The normalized spacial score (nSPS) is 26.8. The lowest BCUT2D eigenvalue weighted by molar-refractivity contribution is -0.214. The van der Waals surface area contributed by atoms with Crippen LogP contribution >= 0.6 is 0 Å². The zero-order valence-corrected chi connectivity index (χ0v) is 34.2. The van der Waals surface area contributed by atoms with E-state index >= 15 is 0 Å². The predicted molar refractivity (Wildman–Crippen MR) is 182 cm³/mol. The van der Waals surface area contributed by atoms with E-state index in [2.05, 4.69) is 135 Å². The van der Waals surface area contributed by atoms with Gasteiger partial charge in [-0.15, -0.1) is 0 Å². The van der Waals surface area contributed by atoms with Crippen molar-refractivity contribution in [2.45, 2.75) is 186 Å². The van der Waals surface area contributed by atoms with Crippen LogP contribution in [0.25, 0.3) is 0 Å². The van der Waals surface area contributed by atoms with Gasteiger partial charge in [0.05, 0.1) is 6.61 Å². The minimum atomic E-state index is -2.24. The molecule has 0 saturated carbocycles. The number of hydrogen-bond acceptors (Lipinski definition) is 6. The van der Waals surface area contributed by atoms with Gasteiger partial charge in [-0.25, -0.2) is 0 Å². The first-order valence-corrected chi connectivity index (χ1v) is 27.0. The number of nitrogens with two attached hydrogens (primary N) is 1. The van der Waals surface area contributed by atoms with E-state index in [1.165, 1.54) is 0 Å². The van der Waals surface area contributed by atoms with Crippen LogP contribution in [0.5, 0.6) is 0 Å². The fraction of sp³-hybridized carbons (Fsp3) is 1.00. The summed E-state index contributed by atoms with van der Waals surface area (Å²) in [5.41, 5.74) is 6.90. The van der Waals surface area contributed by atoms with Gasteiger partial charge in [0, 0.05) is 0 Å². The summed E-state index contributed by atoms with van der Waals surface area (Å²) in [6, 6.07) is 0. The average Bonchev–Trinajstić information content (AvgIpc) is 2.67. The van der Waals surface area contributed by atoms with Crippen LogP contribution in [0.3, 0.4) is 0 Å². The first-order valence-electron chi connectivity index (χ1n) is 15.4. The Morgan fingerprint density at radius 2 is 0.800 bits per heavy atom. The van der Waals surface area contributed by atoms with Gasteiger partial charge in [-0.05, 0) is 72.5 Å². The quantitative estimate of drug-likeness (QED) is 0.255. The van der Waals surface area contributed by atoms with Crippen LogP contribution in [0.4, 0.5) is 0 Å². The molecule has 0 aromatic heterocycles. The molecular formula is C30H69NO5Si4. The van der Waals surface area contributed by atoms with Crippen LogP contribution in [0.2, 0.25) is 72.5 Å². The molecule has 1 rings (SSSR count). The summed E-state index contributed by atoms with van der Waals surface area (Å²) in [5.74, 6) is 0. The molecular weight excluding hydrogens is 567 g/mol. The van der Waals surface area contributed by atoms with Crippen LogP contribution in [0, 0.1) is 0 Å². The first-order chi connectivity index (χ1) is 17.3. The summed E-state index contributed by atoms with van der Waals surface area (Å²) < 4.78 is 35.1. The predicted octanol–water partition coefficient (Wildman–Crippen LogP) is 8.86. The molecule has 240 valence electrons. The van der Waals surface area contributed by atoms with E-state index in [0.29, 0.717) is 6.61 Å². The van der Waals surface area contributed by atoms with Crippen molar-refractivity contribution in [1.29, 1.82) is 0 Å². The molecule has 40 heavy (non-hydrogen) atoms. The molecule has 5 atom stereocenters. The van der Waals surface area contributed by atoms with E-state index in [4.69, 9.17) is 28.2 Å². The van der Waals surface area contributed by atoms with Gasteiger partial charge in [-0.1, -0.05) is 83.1 Å². The minimum absolute atomic E-state index is 0.0194. The molecule has 1 aliphatic heterocycles. The highest BCUT2D eigenvalue weighted by atomic mass is 28.4. The fourth-order valence-electron chi connectivity index (χ4n) is 3.55. The zero-order chi connectivity index (χ0) is 32.1. The molecule has 1 heterocycles. The molecule has 2 N–H and O–H groups in total. The zero-order valence-electron chi connectivity index (χ0n) is 30.2. The second-order valence-electron chi connectivity index (χ2n) is 18.2. The molecule has 0 amide bonds. The molecule has 0 radical (unpaired) electrons. The van der Waals surface area contributed by atoms with Crippen molar-refractivity contribution in [1.82, 2.24) is 0 Å². The van der Waals surface area contributed by atoms with Crippen LogP contribution in [-0.2, 0) is 22.4 Å². The summed E-state index contributed by atoms with van der Waals surface area (Å²) in [4.78, 5) is 0. The van der Waals surface area contributed by atoms with Crippen LogP contribution in [0.1, 0.15) is 83.1 Å². The minimum Gasteiger partial charge on any atom is -0.414 e. The molecule has 1 unspecified atom stereocenters. The molecule has 1 aliphatic rings. The second-order valence-corrected chi connectivity index (χ2v) is 37.3. The molecule has 0 spiro atoms. The highest BCUT2D eigenvalue weighted by molar-refractivity contribution is 6.75. The Labute approximate surface area is 253 Å². The lowest BCUT2D eigenvalue weighted by atomic mass is 9.99. The van der Waals surface area contributed by atoms with Gasteiger partial charge in [-0.2, -0.15) is 0 Å². The summed E-state index contributed by atoms with van der Waals surface area (Å²) in [7, 11) is -8.72. The SMILES string of the molecule is CC(C)(C)[Si](C)(C)OC[C@H]1OC(N)[C@H](O[Si](C)(C)C(C)(C)C)[C@@H](O[Si](C)(C)C(C)(C)C)[C@@H]1O[Si](C)(C)C(C)(C)C. The molecule has 1 fully saturated rings. The lowest BCUT2D eigenvalue weighted by Gasteiger charge is -2.54. The molecule has 6 nitrogen and oxygen atoms in total. The molecule has 0 aromatic rings. The second kappa shape index (κ2) is 12.2. The Bertz CT molecular complexity index is 835. The van der Waals surface area contributed by atoms with Crippen molar-refractivity contribution in [3.05, 3.63) is 0 Å². The topological polar surface area (TPSA) is 72.2 Å². The van der Waals surface area contributed by atoms with Gasteiger partial charge in [0.15, 0.2) is 33.3 Å². The number of hydrogen-bond donors (Lipinski definition) is 1. The first kappa shape index (κ1) is 38.7. The van der Waals surface area contributed by atoms with Crippen LogP contribution < -0.4 is 5.73 Å². The summed E-state index contributed by atoms with van der Waals surface area (Å²) >= 11 is 0. The van der Waals surface area contributed by atoms with Crippen LogP contribution in [0.15, 0.2) is 0 Å². The van der Waals surface area contributed by atoms with Gasteiger partial charge < -0.3 is 28.2 Å². The molecule has 1 saturated heterocycles. The lowest BCUT2D eigenvalue weighted by Crippen LogP contribution is -2.69. The van der Waals surface area contributed by atoms with Gasteiger partial charge >= 0.3 is 0 Å². The maximum absolute atomic E-state index is 7.31. The highest BCUT2D eigenvalue weighted by Crippen LogP contribution is 2.46. The Morgan fingerprint density at radius 3 is 1.12 bits per heavy atom. The van der Waals surface area contributed by atoms with E-state index < -0.39 is 45.6 Å². The highest BCUT2D eigenvalue weighted by Gasteiger charge is 2.56. The van der Waals surface area contributed by atoms with E-state index in [1.807, 2.05) is 0 Å². The van der Waals surface area contributed by atoms with Gasteiger partial charge in [0.1, 0.15) is 30.6 Å². The van der Waals surface area contributed by atoms with Crippen molar-refractivity contribution in [2.75, 3.05) is 6.61 Å². The third-order valence-electron chi connectivity index (χ3n) is 10.8. The van der Waals surface area contributed by atoms with Crippen LogP contribution in [-0.4, -0.2) is 70.5 Å². The van der Waals surface area contributed by atoms with Crippen molar-refractivity contribution < 1.29 is 22.4 Å². The van der Waals surface area contributed by atoms with Gasteiger partial charge in [0.25, 0.3) is 0 Å². The standard InChI is InChI=1S/C30H69NO5Si4/c1-27(2,3)37(13,14)32-21-22-23(34-38(15,16)28(4,5)6)24(35-39(17,18)29(7,8)9)25(26(31)33-22)36-40(19,20)30(10,11)12/h22-26H,21,31H2,1-20H3/t22-,23-,24+,25-,26?/m1/s1. The fourth-order valence-corrected chi connectivity index (χ4v) is 8.48. The maximum atomic E-state index is 7.31. The Morgan fingerprint density at radius 1 is 0.500 bits per heavy atom. The van der Waals surface area contributed by atoms with E-state index in [9.17, 15) is 0 Å². The maximum Gasteiger partial charge on any atom is 0.192 e. The smallest absolute Gasteiger partial charge is 0.192 e. The average molecular weight is 636 g/mol. The Hall–Kier alpha value is 0.628. The molecule has 0 aromatic carbocycles. The van der Waals surface area contributed by atoms with Crippen molar-refractivity contribution in [2.24, 2.45) is 5.73 Å². The third-order valence-corrected chi connectivity index (χ3v) is 28.7. The summed E-state index contributed by atoms with van der Waals surface area (Å²) in [6.45, 7) is 46.1. The largest absolute Gasteiger partial charge is 0.414 e. The van der Waals surface area contributed by atoms with E-state index in [0.717, 1.165) is 0 Å². The summed E-state index contributed by atoms with van der Waals surface area (Å²) in [5, 5.41) is 0.150. The number of rotatable bonds is 9. The molecule has 0 bridgehead atoms. The van der Waals surface area contributed by atoms with Crippen molar-refractivity contribution in [3.8, 4) is 0 Å². The van der Waals surface area contributed by atoms with Gasteiger partial charge in [0.2, 0.25) is 0 Å². The van der Waals surface area contributed by atoms with Gasteiger partial charge in [-0.3, -0.25) is 0 Å². The third kappa shape index (κ3) is 9.08. The molecule has 0 aliphatic carbocycles. The monoisotopic (exact) mass is 635 g/mol. The summed E-state index contributed by atoms with van der Waals surface area (Å²) in [6.07, 6.45) is -2.08. The van der Waals surface area contributed by atoms with Crippen molar-refractivity contribution in [3.63, 3.8) is 0 Å². The van der Waals surface area contributed by atoms with E-state index in [-0.39, 0.29) is 38.5 Å². The molecule has 10 heteroatoms. The Kier molecular flexibility index (Phi) is 11.8.